The lowest BCUT2D eigenvalue weighted by atomic mass is 10.2. The number of aryl methyl sites for hydroxylation is 1. The SMILES string of the molecule is Cc1nc(-c2cccc(Cl)c2)nc(OCc2cccc(F)c2)c1C. The minimum atomic E-state index is -0.286. The van der Waals surface area contributed by atoms with Gasteiger partial charge in [0.2, 0.25) is 5.88 Å². The van der Waals surface area contributed by atoms with Gasteiger partial charge in [0.05, 0.1) is 0 Å². The quantitative estimate of drug-likeness (QED) is 0.659. The van der Waals surface area contributed by atoms with E-state index in [0.717, 1.165) is 22.4 Å². The van der Waals surface area contributed by atoms with Crippen LogP contribution in [0.2, 0.25) is 5.02 Å². The van der Waals surface area contributed by atoms with Gasteiger partial charge in [-0.1, -0.05) is 35.9 Å². The van der Waals surface area contributed by atoms with Crippen LogP contribution in [0.3, 0.4) is 0 Å². The first-order chi connectivity index (χ1) is 11.5. The van der Waals surface area contributed by atoms with Crippen molar-refractivity contribution in [2.24, 2.45) is 0 Å². The van der Waals surface area contributed by atoms with Crippen LogP contribution in [0.5, 0.6) is 5.88 Å². The number of hydrogen-bond donors (Lipinski definition) is 0. The average molecular weight is 343 g/mol. The van der Waals surface area contributed by atoms with Crippen LogP contribution in [-0.2, 0) is 6.61 Å². The number of rotatable bonds is 4. The highest BCUT2D eigenvalue weighted by molar-refractivity contribution is 6.30. The summed E-state index contributed by atoms with van der Waals surface area (Å²) in [6.07, 6.45) is 0. The van der Waals surface area contributed by atoms with E-state index in [-0.39, 0.29) is 12.4 Å². The van der Waals surface area contributed by atoms with Crippen LogP contribution < -0.4 is 4.74 Å². The van der Waals surface area contributed by atoms with E-state index < -0.39 is 0 Å². The summed E-state index contributed by atoms with van der Waals surface area (Å²) in [7, 11) is 0. The van der Waals surface area contributed by atoms with Gasteiger partial charge in [0.15, 0.2) is 5.82 Å². The van der Waals surface area contributed by atoms with Crippen molar-refractivity contribution in [3.63, 3.8) is 0 Å². The van der Waals surface area contributed by atoms with Crippen molar-refractivity contribution < 1.29 is 9.13 Å². The molecular formula is C19H16ClFN2O. The number of nitrogens with zero attached hydrogens (tertiary/aromatic N) is 2. The molecular weight excluding hydrogens is 327 g/mol. The van der Waals surface area contributed by atoms with Crippen molar-refractivity contribution in [3.8, 4) is 17.3 Å². The van der Waals surface area contributed by atoms with Gasteiger partial charge in [-0.25, -0.2) is 9.37 Å². The molecule has 3 aromatic rings. The predicted molar refractivity (Wildman–Crippen MR) is 92.7 cm³/mol. The zero-order valence-corrected chi connectivity index (χ0v) is 14.1. The molecule has 3 nitrogen and oxygen atoms in total. The molecule has 0 aliphatic heterocycles. The topological polar surface area (TPSA) is 35.0 Å². The van der Waals surface area contributed by atoms with Crippen LogP contribution >= 0.6 is 11.6 Å². The van der Waals surface area contributed by atoms with E-state index in [1.807, 2.05) is 38.1 Å². The molecule has 2 aromatic carbocycles. The molecule has 5 heteroatoms. The third kappa shape index (κ3) is 3.71. The Morgan fingerprint density at radius 2 is 1.83 bits per heavy atom. The van der Waals surface area contributed by atoms with Gasteiger partial charge in [-0.3, -0.25) is 0 Å². The highest BCUT2D eigenvalue weighted by atomic mass is 35.5. The number of aromatic nitrogens is 2. The van der Waals surface area contributed by atoms with E-state index >= 15 is 0 Å². The zero-order valence-electron chi connectivity index (χ0n) is 13.4. The Labute approximate surface area is 145 Å². The van der Waals surface area contributed by atoms with Gasteiger partial charge < -0.3 is 4.74 Å². The maximum atomic E-state index is 13.3. The molecule has 0 aliphatic carbocycles. The Balaban J connectivity index is 1.90. The lowest BCUT2D eigenvalue weighted by Crippen LogP contribution is -2.04. The average Bonchev–Trinajstić information content (AvgIpc) is 2.56. The summed E-state index contributed by atoms with van der Waals surface area (Å²) in [5, 5.41) is 0.622. The number of halogens is 2. The van der Waals surface area contributed by atoms with Gasteiger partial charge in [-0.15, -0.1) is 0 Å². The van der Waals surface area contributed by atoms with Crippen molar-refractivity contribution in [3.05, 3.63) is 76.2 Å². The molecule has 1 heterocycles. The van der Waals surface area contributed by atoms with Gasteiger partial charge >= 0.3 is 0 Å². The molecule has 0 saturated carbocycles. The summed E-state index contributed by atoms with van der Waals surface area (Å²) in [5.74, 6) is 0.753. The van der Waals surface area contributed by atoms with Gasteiger partial charge in [-0.05, 0) is 43.7 Å². The lowest BCUT2D eigenvalue weighted by molar-refractivity contribution is 0.290. The molecule has 0 N–H and O–H groups in total. The van der Waals surface area contributed by atoms with Gasteiger partial charge in [-0.2, -0.15) is 4.98 Å². The van der Waals surface area contributed by atoms with E-state index in [4.69, 9.17) is 16.3 Å². The summed E-state index contributed by atoms with van der Waals surface area (Å²) < 4.78 is 19.1. The summed E-state index contributed by atoms with van der Waals surface area (Å²) in [4.78, 5) is 9.00. The van der Waals surface area contributed by atoms with Crippen molar-refractivity contribution in [2.75, 3.05) is 0 Å². The number of hydrogen-bond acceptors (Lipinski definition) is 3. The van der Waals surface area contributed by atoms with Crippen LogP contribution in [0.25, 0.3) is 11.4 Å². The fraction of sp³-hybridized carbons (Fsp3) is 0.158. The monoisotopic (exact) mass is 342 g/mol. The Morgan fingerprint density at radius 1 is 1.04 bits per heavy atom. The van der Waals surface area contributed by atoms with Crippen molar-refractivity contribution >= 4 is 11.6 Å². The maximum Gasteiger partial charge on any atom is 0.220 e. The van der Waals surface area contributed by atoms with Crippen molar-refractivity contribution in [2.45, 2.75) is 20.5 Å². The molecule has 0 spiro atoms. The van der Waals surface area contributed by atoms with E-state index in [1.165, 1.54) is 12.1 Å². The second-order valence-corrected chi connectivity index (χ2v) is 5.93. The third-order valence-electron chi connectivity index (χ3n) is 3.69. The van der Waals surface area contributed by atoms with E-state index in [2.05, 4.69) is 9.97 Å². The van der Waals surface area contributed by atoms with Crippen LogP contribution in [-0.4, -0.2) is 9.97 Å². The smallest absolute Gasteiger partial charge is 0.220 e. The zero-order chi connectivity index (χ0) is 17.1. The van der Waals surface area contributed by atoms with E-state index in [1.54, 1.807) is 12.1 Å². The Morgan fingerprint density at radius 3 is 2.58 bits per heavy atom. The molecule has 0 bridgehead atoms. The Bertz CT molecular complexity index is 883. The summed E-state index contributed by atoms with van der Waals surface area (Å²) in [6.45, 7) is 4.04. The van der Waals surface area contributed by atoms with E-state index in [9.17, 15) is 4.39 Å². The van der Waals surface area contributed by atoms with Crippen molar-refractivity contribution in [1.82, 2.24) is 9.97 Å². The normalized spacial score (nSPS) is 10.7. The Hall–Kier alpha value is -2.46. The van der Waals surface area contributed by atoms with Crippen LogP contribution in [0.4, 0.5) is 4.39 Å². The second-order valence-electron chi connectivity index (χ2n) is 5.49. The molecule has 24 heavy (non-hydrogen) atoms. The first kappa shape index (κ1) is 16.4. The van der Waals surface area contributed by atoms with Gasteiger partial charge in [0.25, 0.3) is 0 Å². The predicted octanol–water partition coefficient (Wildman–Crippen LogP) is 5.13. The number of ether oxygens (including phenoxy) is 1. The second kappa shape index (κ2) is 6.97. The summed E-state index contributed by atoms with van der Waals surface area (Å²) in [6, 6.07) is 13.7. The minimum absolute atomic E-state index is 0.240. The molecule has 0 amide bonds. The largest absolute Gasteiger partial charge is 0.473 e. The highest BCUT2D eigenvalue weighted by Crippen LogP contribution is 2.25. The first-order valence-electron chi connectivity index (χ1n) is 7.51. The molecule has 0 atom stereocenters. The van der Waals surface area contributed by atoms with Gasteiger partial charge in [0.1, 0.15) is 12.4 Å². The molecule has 0 radical (unpaired) electrons. The molecule has 122 valence electrons. The summed E-state index contributed by atoms with van der Waals surface area (Å²) >= 11 is 6.04. The summed E-state index contributed by atoms with van der Waals surface area (Å²) in [5.41, 5.74) is 3.25. The third-order valence-corrected chi connectivity index (χ3v) is 3.93. The van der Waals surface area contributed by atoms with Crippen LogP contribution in [0, 0.1) is 19.7 Å². The van der Waals surface area contributed by atoms with Gasteiger partial charge in [0, 0.05) is 21.8 Å². The Kier molecular flexibility index (Phi) is 4.76. The molecule has 1 aromatic heterocycles. The lowest BCUT2D eigenvalue weighted by Gasteiger charge is -2.12. The highest BCUT2D eigenvalue weighted by Gasteiger charge is 2.11. The van der Waals surface area contributed by atoms with Crippen LogP contribution in [0.1, 0.15) is 16.8 Å². The molecule has 0 fully saturated rings. The fourth-order valence-electron chi connectivity index (χ4n) is 2.28. The minimum Gasteiger partial charge on any atom is -0.473 e. The molecule has 3 rings (SSSR count). The van der Waals surface area contributed by atoms with Crippen molar-refractivity contribution in [1.29, 1.82) is 0 Å². The standard InChI is InChI=1S/C19H16ClFN2O/c1-12-13(2)22-18(15-6-4-7-16(20)10-15)23-19(12)24-11-14-5-3-8-17(21)9-14/h3-10H,11H2,1-2H3. The van der Waals surface area contributed by atoms with Crippen LogP contribution in [0.15, 0.2) is 48.5 Å². The first-order valence-corrected chi connectivity index (χ1v) is 7.89. The van der Waals surface area contributed by atoms with E-state index in [0.29, 0.717) is 16.7 Å². The maximum absolute atomic E-state index is 13.3. The molecule has 0 aliphatic rings. The molecule has 0 saturated heterocycles. The number of benzene rings is 2. The molecule has 0 unspecified atom stereocenters. The fourth-order valence-corrected chi connectivity index (χ4v) is 2.47.